The van der Waals surface area contributed by atoms with Crippen molar-refractivity contribution in [1.82, 2.24) is 10.2 Å². The molecule has 0 aliphatic heterocycles. The molecule has 1 unspecified atom stereocenters. The van der Waals surface area contributed by atoms with Crippen LogP contribution in [-0.2, 0) is 14.3 Å². The van der Waals surface area contributed by atoms with Crippen molar-refractivity contribution >= 4 is 18.0 Å². The maximum Gasteiger partial charge on any atom is 0.407 e. The zero-order valence-electron chi connectivity index (χ0n) is 18.3. The first-order valence-electron chi connectivity index (χ1n) is 10.6. The van der Waals surface area contributed by atoms with E-state index in [-0.39, 0.29) is 12.5 Å². The Labute approximate surface area is 190 Å². The number of ether oxygens (including phenoxy) is 1. The molecule has 2 aromatic rings. The molecule has 176 valence electrons. The van der Waals surface area contributed by atoms with Gasteiger partial charge in [0.25, 0.3) is 6.43 Å². The lowest BCUT2D eigenvalue weighted by molar-refractivity contribution is -0.144. The van der Waals surface area contributed by atoms with E-state index in [2.05, 4.69) is 5.32 Å². The second-order valence-electron chi connectivity index (χ2n) is 8.10. The number of benzene rings is 2. The van der Waals surface area contributed by atoms with Gasteiger partial charge in [0, 0.05) is 12.0 Å². The molecule has 0 spiro atoms. The number of carboxylic acid groups (broad SMARTS) is 1. The van der Waals surface area contributed by atoms with Crippen LogP contribution in [0.4, 0.5) is 13.6 Å². The third kappa shape index (κ3) is 5.66. The van der Waals surface area contributed by atoms with Crippen molar-refractivity contribution < 1.29 is 33.0 Å². The van der Waals surface area contributed by atoms with Crippen LogP contribution in [0.15, 0.2) is 48.5 Å². The highest BCUT2D eigenvalue weighted by atomic mass is 19.3. The molecule has 1 atom stereocenters. The fourth-order valence-corrected chi connectivity index (χ4v) is 4.06. The first-order chi connectivity index (χ1) is 15.7. The molecule has 0 saturated carbocycles. The van der Waals surface area contributed by atoms with E-state index < -0.39 is 49.4 Å². The molecule has 2 amide bonds. The summed E-state index contributed by atoms with van der Waals surface area (Å²) in [5.74, 6) is -2.47. The topological polar surface area (TPSA) is 95.9 Å². The van der Waals surface area contributed by atoms with Gasteiger partial charge in [0.2, 0.25) is 5.91 Å². The lowest BCUT2D eigenvalue weighted by Crippen LogP contribution is -2.52. The summed E-state index contributed by atoms with van der Waals surface area (Å²) in [6.07, 6.45) is -4.54. The van der Waals surface area contributed by atoms with Crippen molar-refractivity contribution in [2.75, 3.05) is 13.2 Å². The van der Waals surface area contributed by atoms with Crippen LogP contribution < -0.4 is 5.32 Å². The molecule has 1 aliphatic rings. The Balaban J connectivity index is 1.71. The standard InChI is InChI=1S/C24H26F2N2O5/c1-14(2)28(12-21(25)26)23(31)20(11-22(29)30)27-24(32)33-13-19-17-9-5-3-7-15(17)16-8-4-6-10-18(16)19/h3-10,14,19-21H,11-13H2,1-2H3,(H,27,32)(H,29,30). The lowest BCUT2D eigenvalue weighted by Gasteiger charge is -2.30. The number of aliphatic carboxylic acids is 1. The van der Waals surface area contributed by atoms with E-state index in [0.717, 1.165) is 27.2 Å². The minimum atomic E-state index is -2.80. The number of carboxylic acids is 1. The summed E-state index contributed by atoms with van der Waals surface area (Å²) >= 11 is 0. The molecule has 1 aliphatic carbocycles. The number of nitrogens with one attached hydrogen (secondary N) is 1. The van der Waals surface area contributed by atoms with Gasteiger partial charge in [-0.05, 0) is 36.1 Å². The number of amides is 2. The second kappa shape index (κ2) is 10.4. The summed E-state index contributed by atoms with van der Waals surface area (Å²) in [4.78, 5) is 37.3. The number of nitrogens with zero attached hydrogens (tertiary/aromatic N) is 1. The minimum absolute atomic E-state index is 0.0290. The summed E-state index contributed by atoms with van der Waals surface area (Å²) in [7, 11) is 0. The van der Waals surface area contributed by atoms with Crippen LogP contribution in [0.5, 0.6) is 0 Å². The summed E-state index contributed by atoms with van der Waals surface area (Å²) in [5, 5.41) is 11.4. The molecule has 2 N–H and O–H groups in total. The number of halogens is 2. The van der Waals surface area contributed by atoms with Crippen molar-refractivity contribution in [1.29, 1.82) is 0 Å². The first-order valence-corrected chi connectivity index (χ1v) is 10.6. The number of fused-ring (bicyclic) bond motifs is 3. The Morgan fingerprint density at radius 3 is 2.06 bits per heavy atom. The van der Waals surface area contributed by atoms with Crippen LogP contribution in [0.1, 0.15) is 37.3 Å². The average Bonchev–Trinajstić information content (AvgIpc) is 3.08. The molecular formula is C24H26F2N2O5. The van der Waals surface area contributed by atoms with E-state index >= 15 is 0 Å². The Bertz CT molecular complexity index is 982. The molecule has 0 radical (unpaired) electrons. The summed E-state index contributed by atoms with van der Waals surface area (Å²) in [5.41, 5.74) is 4.07. The summed E-state index contributed by atoms with van der Waals surface area (Å²) in [6.45, 7) is 2.18. The van der Waals surface area contributed by atoms with Crippen LogP contribution in [0.3, 0.4) is 0 Å². The molecule has 7 nitrogen and oxygen atoms in total. The first kappa shape index (κ1) is 24.2. The van der Waals surface area contributed by atoms with Crippen molar-refractivity contribution in [2.24, 2.45) is 0 Å². The van der Waals surface area contributed by atoms with Crippen molar-refractivity contribution in [2.45, 2.75) is 44.7 Å². The highest BCUT2D eigenvalue weighted by molar-refractivity contribution is 5.89. The minimum Gasteiger partial charge on any atom is -0.481 e. The SMILES string of the molecule is CC(C)N(CC(F)F)C(=O)C(CC(=O)O)NC(=O)OCC1c2ccccc2-c2ccccc21. The number of carbonyl (C=O) groups is 3. The molecule has 3 rings (SSSR count). The molecule has 0 saturated heterocycles. The maximum absolute atomic E-state index is 12.9. The smallest absolute Gasteiger partial charge is 0.407 e. The number of hydrogen-bond donors (Lipinski definition) is 2. The van der Waals surface area contributed by atoms with E-state index in [0.29, 0.717) is 0 Å². The molecule has 0 heterocycles. The van der Waals surface area contributed by atoms with Gasteiger partial charge in [-0.15, -0.1) is 0 Å². The third-order valence-corrected chi connectivity index (χ3v) is 5.55. The van der Waals surface area contributed by atoms with E-state index in [1.165, 1.54) is 13.8 Å². The van der Waals surface area contributed by atoms with Gasteiger partial charge in [-0.1, -0.05) is 48.5 Å². The predicted molar refractivity (Wildman–Crippen MR) is 117 cm³/mol. The van der Waals surface area contributed by atoms with Gasteiger partial charge in [0.05, 0.1) is 13.0 Å². The number of carbonyl (C=O) groups excluding carboxylic acids is 2. The molecule has 0 bridgehead atoms. The molecule has 33 heavy (non-hydrogen) atoms. The molecular weight excluding hydrogens is 434 g/mol. The van der Waals surface area contributed by atoms with Crippen molar-refractivity contribution in [3.8, 4) is 11.1 Å². The number of alkyl carbamates (subject to hydrolysis) is 1. The van der Waals surface area contributed by atoms with Gasteiger partial charge < -0.3 is 20.1 Å². The Hall–Kier alpha value is -3.49. The maximum atomic E-state index is 12.9. The largest absolute Gasteiger partial charge is 0.481 e. The predicted octanol–water partition coefficient (Wildman–Crippen LogP) is 3.87. The van der Waals surface area contributed by atoms with Crippen LogP contribution in [0.25, 0.3) is 11.1 Å². The highest BCUT2D eigenvalue weighted by Gasteiger charge is 2.33. The Morgan fingerprint density at radius 1 is 1.03 bits per heavy atom. The van der Waals surface area contributed by atoms with Crippen molar-refractivity contribution in [3.05, 3.63) is 59.7 Å². The zero-order chi connectivity index (χ0) is 24.1. The van der Waals surface area contributed by atoms with E-state index in [1.54, 1.807) is 0 Å². The fourth-order valence-electron chi connectivity index (χ4n) is 4.06. The monoisotopic (exact) mass is 460 g/mol. The van der Waals surface area contributed by atoms with Gasteiger partial charge in [-0.3, -0.25) is 9.59 Å². The van der Waals surface area contributed by atoms with Crippen LogP contribution in [0, 0.1) is 0 Å². The van der Waals surface area contributed by atoms with Crippen LogP contribution >= 0.6 is 0 Å². The molecule has 9 heteroatoms. The summed E-state index contributed by atoms with van der Waals surface area (Å²) in [6, 6.07) is 13.4. The van der Waals surface area contributed by atoms with E-state index in [9.17, 15) is 23.2 Å². The third-order valence-electron chi connectivity index (χ3n) is 5.55. The Kier molecular flexibility index (Phi) is 7.63. The lowest BCUT2D eigenvalue weighted by atomic mass is 9.98. The average molecular weight is 460 g/mol. The van der Waals surface area contributed by atoms with Gasteiger partial charge in [0.1, 0.15) is 12.6 Å². The van der Waals surface area contributed by atoms with Gasteiger partial charge in [-0.25, -0.2) is 13.6 Å². The zero-order valence-corrected chi connectivity index (χ0v) is 18.3. The van der Waals surface area contributed by atoms with Gasteiger partial charge in [-0.2, -0.15) is 0 Å². The van der Waals surface area contributed by atoms with Gasteiger partial charge in [0.15, 0.2) is 0 Å². The fraction of sp³-hybridized carbons (Fsp3) is 0.375. The number of rotatable bonds is 9. The number of alkyl halides is 2. The Morgan fingerprint density at radius 2 is 1.58 bits per heavy atom. The molecule has 2 aromatic carbocycles. The van der Waals surface area contributed by atoms with E-state index in [4.69, 9.17) is 9.84 Å². The van der Waals surface area contributed by atoms with Gasteiger partial charge >= 0.3 is 12.1 Å². The molecule has 0 fully saturated rings. The number of hydrogen-bond acceptors (Lipinski definition) is 4. The van der Waals surface area contributed by atoms with Crippen LogP contribution in [0.2, 0.25) is 0 Å². The summed E-state index contributed by atoms with van der Waals surface area (Å²) < 4.78 is 31.2. The second-order valence-corrected chi connectivity index (χ2v) is 8.10. The van der Waals surface area contributed by atoms with E-state index in [1.807, 2.05) is 48.5 Å². The normalized spacial score (nSPS) is 13.4. The molecule has 0 aromatic heterocycles. The van der Waals surface area contributed by atoms with Crippen molar-refractivity contribution in [3.63, 3.8) is 0 Å². The quantitative estimate of drug-likeness (QED) is 0.592. The van der Waals surface area contributed by atoms with Crippen LogP contribution in [-0.4, -0.2) is 59.6 Å². The highest BCUT2D eigenvalue weighted by Crippen LogP contribution is 2.44.